The highest BCUT2D eigenvalue weighted by atomic mass is 16.5. The molecule has 0 aliphatic rings. The van der Waals surface area contributed by atoms with Gasteiger partial charge < -0.3 is 4.74 Å². The Morgan fingerprint density at radius 1 is 1.20 bits per heavy atom. The van der Waals surface area contributed by atoms with Gasteiger partial charge in [0.1, 0.15) is 18.5 Å². The predicted molar refractivity (Wildman–Crippen MR) is 93.7 cm³/mol. The second-order valence-electron chi connectivity index (χ2n) is 5.73. The lowest BCUT2D eigenvalue weighted by Crippen LogP contribution is -2.24. The highest BCUT2D eigenvalue weighted by Gasteiger charge is 2.18. The number of fused-ring (bicyclic) bond motifs is 3. The number of hydrogen-bond donors (Lipinski definition) is 0. The van der Waals surface area contributed by atoms with Gasteiger partial charge in [0.2, 0.25) is 0 Å². The molecule has 7 nitrogen and oxygen atoms in total. The minimum absolute atomic E-state index is 0.0889. The monoisotopic (exact) mass is 335 g/mol. The van der Waals surface area contributed by atoms with Gasteiger partial charge in [-0.15, -0.1) is 0 Å². The second-order valence-corrected chi connectivity index (χ2v) is 5.73. The molecule has 0 aliphatic heterocycles. The van der Waals surface area contributed by atoms with Gasteiger partial charge in [-0.3, -0.25) is 18.7 Å². The summed E-state index contributed by atoms with van der Waals surface area (Å²) in [6.45, 7) is 4.51. The summed E-state index contributed by atoms with van der Waals surface area (Å²) < 4.78 is 9.53. The molecule has 0 unspecified atom stereocenters. The first-order valence-corrected chi connectivity index (χ1v) is 8.07. The summed E-state index contributed by atoms with van der Waals surface area (Å²) in [6, 6.07) is 5.63. The van der Waals surface area contributed by atoms with Crippen LogP contribution in [-0.4, -0.2) is 23.9 Å². The third-order valence-corrected chi connectivity index (χ3v) is 4.22. The fourth-order valence-corrected chi connectivity index (χ4v) is 2.97. The molecule has 0 radical (unpaired) electrons. The van der Waals surface area contributed by atoms with E-state index in [1.165, 1.54) is 0 Å². The van der Waals surface area contributed by atoms with Crippen LogP contribution in [0.4, 0.5) is 0 Å². The summed E-state index contributed by atoms with van der Waals surface area (Å²) in [7, 11) is 0. The number of imidazole rings is 1. The lowest BCUT2D eigenvalue weighted by atomic mass is 10.2. The molecule has 0 N–H and O–H groups in total. The normalized spacial score (nSPS) is 11.3. The molecule has 0 saturated carbocycles. The summed E-state index contributed by atoms with van der Waals surface area (Å²) in [5, 5.41) is 0. The smallest absolute Gasteiger partial charge is 0.258 e. The SMILES string of the molecule is CCn1c(=O)c(C)c(OCc2ccccn2)c2ncc3cncn3c21. The predicted octanol–water partition coefficient (Wildman–Crippen LogP) is 2.35. The lowest BCUT2D eigenvalue weighted by molar-refractivity contribution is 0.301. The van der Waals surface area contributed by atoms with Crippen LogP contribution in [0, 0.1) is 6.92 Å². The number of aromatic nitrogens is 5. The van der Waals surface area contributed by atoms with E-state index in [9.17, 15) is 4.79 Å². The second kappa shape index (κ2) is 6.01. The highest BCUT2D eigenvalue weighted by molar-refractivity contribution is 5.82. The number of hydrogen-bond acceptors (Lipinski definition) is 5. The summed E-state index contributed by atoms with van der Waals surface area (Å²) in [4.78, 5) is 25.8. The van der Waals surface area contributed by atoms with Gasteiger partial charge in [-0.1, -0.05) is 6.07 Å². The van der Waals surface area contributed by atoms with Crippen LogP contribution in [0.2, 0.25) is 0 Å². The number of nitrogens with zero attached hydrogens (tertiary/aromatic N) is 5. The zero-order valence-electron chi connectivity index (χ0n) is 14.0. The first-order valence-electron chi connectivity index (χ1n) is 8.07. The molecule has 4 aromatic heterocycles. The summed E-state index contributed by atoms with van der Waals surface area (Å²) in [6.07, 6.45) is 6.84. The Labute approximate surface area is 143 Å². The molecule has 4 aromatic rings. The molecule has 0 aliphatic carbocycles. The van der Waals surface area contributed by atoms with Crippen LogP contribution >= 0.6 is 0 Å². The van der Waals surface area contributed by atoms with Crippen molar-refractivity contribution in [1.82, 2.24) is 23.9 Å². The van der Waals surface area contributed by atoms with E-state index >= 15 is 0 Å². The highest BCUT2D eigenvalue weighted by Crippen LogP contribution is 2.27. The van der Waals surface area contributed by atoms with Gasteiger partial charge >= 0.3 is 0 Å². The molecule has 126 valence electrons. The maximum Gasteiger partial charge on any atom is 0.258 e. The van der Waals surface area contributed by atoms with Gasteiger partial charge in [0.05, 0.1) is 29.2 Å². The van der Waals surface area contributed by atoms with E-state index in [1.807, 2.05) is 29.5 Å². The fraction of sp³-hybridized carbons (Fsp3) is 0.222. The van der Waals surface area contributed by atoms with Crippen molar-refractivity contribution in [3.05, 3.63) is 64.7 Å². The van der Waals surface area contributed by atoms with Crippen LogP contribution in [0.25, 0.3) is 16.7 Å². The maximum atomic E-state index is 12.8. The molecule has 0 bridgehead atoms. The van der Waals surface area contributed by atoms with Gasteiger partial charge in [0.15, 0.2) is 11.4 Å². The molecule has 0 spiro atoms. The average Bonchev–Trinajstić information content (AvgIpc) is 3.12. The zero-order chi connectivity index (χ0) is 17.4. The molecule has 25 heavy (non-hydrogen) atoms. The number of aryl methyl sites for hydroxylation is 1. The molecular weight excluding hydrogens is 318 g/mol. The third-order valence-electron chi connectivity index (χ3n) is 4.22. The first kappa shape index (κ1) is 15.3. The van der Waals surface area contributed by atoms with Crippen LogP contribution in [-0.2, 0) is 13.2 Å². The van der Waals surface area contributed by atoms with Gasteiger partial charge in [-0.2, -0.15) is 0 Å². The quantitative estimate of drug-likeness (QED) is 0.572. The molecule has 0 saturated heterocycles. The van der Waals surface area contributed by atoms with Crippen molar-refractivity contribution in [1.29, 1.82) is 0 Å². The Hall–Kier alpha value is -3.22. The molecule has 0 amide bonds. The van der Waals surface area contributed by atoms with Crippen molar-refractivity contribution in [2.45, 2.75) is 27.0 Å². The molecule has 7 heteroatoms. The number of rotatable bonds is 4. The Morgan fingerprint density at radius 3 is 2.84 bits per heavy atom. The Balaban J connectivity index is 1.94. The van der Waals surface area contributed by atoms with Gasteiger partial charge in [-0.05, 0) is 26.0 Å². The van der Waals surface area contributed by atoms with Crippen LogP contribution in [0.5, 0.6) is 5.75 Å². The van der Waals surface area contributed by atoms with Gasteiger partial charge in [-0.25, -0.2) is 9.97 Å². The minimum atomic E-state index is -0.0889. The van der Waals surface area contributed by atoms with E-state index < -0.39 is 0 Å². The van der Waals surface area contributed by atoms with E-state index in [0.29, 0.717) is 29.0 Å². The summed E-state index contributed by atoms with van der Waals surface area (Å²) >= 11 is 0. The summed E-state index contributed by atoms with van der Waals surface area (Å²) in [5.74, 6) is 0.492. The van der Waals surface area contributed by atoms with Gasteiger partial charge in [0.25, 0.3) is 5.56 Å². The van der Waals surface area contributed by atoms with Crippen LogP contribution < -0.4 is 10.3 Å². The Kier molecular flexibility index (Phi) is 3.68. The average molecular weight is 335 g/mol. The van der Waals surface area contributed by atoms with E-state index in [-0.39, 0.29) is 12.2 Å². The van der Waals surface area contributed by atoms with E-state index in [1.54, 1.807) is 36.4 Å². The standard InChI is InChI=1S/C18H17N5O2/c1-3-22-17-15(21-9-14-8-19-11-23(14)17)16(12(2)18(22)24)25-10-13-6-4-5-7-20-13/h4-9,11H,3,10H2,1-2H3. The lowest BCUT2D eigenvalue weighted by Gasteiger charge is -2.16. The third kappa shape index (κ3) is 2.44. The van der Waals surface area contributed by atoms with Crippen molar-refractivity contribution < 1.29 is 4.74 Å². The van der Waals surface area contributed by atoms with E-state index in [4.69, 9.17) is 4.74 Å². The number of pyridine rings is 2. The molecule has 0 aromatic carbocycles. The zero-order valence-corrected chi connectivity index (χ0v) is 14.0. The van der Waals surface area contributed by atoms with Crippen LogP contribution in [0.1, 0.15) is 18.2 Å². The van der Waals surface area contributed by atoms with Crippen LogP contribution in [0.15, 0.2) is 47.9 Å². The molecule has 4 heterocycles. The Morgan fingerprint density at radius 2 is 2.08 bits per heavy atom. The topological polar surface area (TPSA) is 74.3 Å². The molecule has 0 atom stereocenters. The summed E-state index contributed by atoms with van der Waals surface area (Å²) in [5.41, 5.74) is 3.39. The largest absolute Gasteiger partial charge is 0.484 e. The molecular formula is C18H17N5O2. The van der Waals surface area contributed by atoms with Crippen molar-refractivity contribution >= 4 is 16.7 Å². The van der Waals surface area contributed by atoms with E-state index in [2.05, 4.69) is 15.0 Å². The van der Waals surface area contributed by atoms with Crippen molar-refractivity contribution in [3.63, 3.8) is 0 Å². The first-order chi connectivity index (χ1) is 12.2. The van der Waals surface area contributed by atoms with Gasteiger partial charge in [0, 0.05) is 12.7 Å². The molecule has 0 fully saturated rings. The van der Waals surface area contributed by atoms with Crippen molar-refractivity contribution in [2.75, 3.05) is 0 Å². The Bertz CT molecular complexity index is 1120. The molecule has 4 rings (SSSR count). The number of ether oxygens (including phenoxy) is 1. The minimum Gasteiger partial charge on any atom is -0.484 e. The van der Waals surface area contributed by atoms with Crippen molar-refractivity contribution in [2.24, 2.45) is 0 Å². The fourth-order valence-electron chi connectivity index (χ4n) is 2.97. The van der Waals surface area contributed by atoms with Crippen molar-refractivity contribution in [3.8, 4) is 5.75 Å². The van der Waals surface area contributed by atoms with Crippen LogP contribution in [0.3, 0.4) is 0 Å². The maximum absolute atomic E-state index is 12.8. The van der Waals surface area contributed by atoms with E-state index in [0.717, 1.165) is 11.2 Å².